The zero-order valence-corrected chi connectivity index (χ0v) is 136. The molecule has 0 rings (SSSR count). The Morgan fingerprint density at radius 1 is 0.184 bits per heavy atom. The van der Waals surface area contributed by atoms with E-state index in [1.807, 2.05) is 312 Å². The molecule has 0 aromatic heterocycles. The van der Waals surface area contributed by atoms with E-state index in [-0.39, 0.29) is 527 Å². The summed E-state index contributed by atoms with van der Waals surface area (Å²) in [6, 6.07) is 1.08. The van der Waals surface area contributed by atoms with Crippen LogP contribution in [0.2, 0.25) is 0 Å². The summed E-state index contributed by atoms with van der Waals surface area (Å²) >= 11 is 0. The normalized spacial score (nSPS) is 15.8. The number of hydrogen-bond donors (Lipinski definition) is 12. The maximum atomic E-state index is 10.3. The van der Waals surface area contributed by atoms with Crippen LogP contribution in [0.25, 0.3) is 0 Å². The molecule has 0 aliphatic rings. The molecule has 0 fully saturated rings. The molecule has 36 heteroatoms. The van der Waals surface area contributed by atoms with Gasteiger partial charge >= 0.3 is 0 Å². The summed E-state index contributed by atoms with van der Waals surface area (Å²) in [6.07, 6.45) is 16.5. The van der Waals surface area contributed by atoms with Gasteiger partial charge in [-0.2, -0.15) is 0 Å². The summed E-state index contributed by atoms with van der Waals surface area (Å²) in [7, 11) is 6.86. The zero-order valence-electron chi connectivity index (χ0n) is 104. The number of aliphatic imine (C=N–C) groups is 12. The number of nitrogens with zero attached hydrogens (tertiary/aromatic N) is 12. The van der Waals surface area contributed by atoms with Crippen LogP contribution in [0.1, 0.15) is 488 Å². The number of hydrogen-bond acceptors (Lipinski definition) is 24. The van der Waals surface area contributed by atoms with Gasteiger partial charge < -0.3 is 61.3 Å². The summed E-state index contributed by atoms with van der Waals surface area (Å²) in [4.78, 5) is 50.2. The van der Waals surface area contributed by atoms with E-state index in [2.05, 4.69) is 80.7 Å². The van der Waals surface area contributed by atoms with E-state index in [4.69, 9.17) is 0 Å². The van der Waals surface area contributed by atoms with Gasteiger partial charge in [-0.3, -0.25) is 59.9 Å². The van der Waals surface area contributed by atoms with Crippen molar-refractivity contribution >= 4 is 68.5 Å². The van der Waals surface area contributed by atoms with Crippen molar-refractivity contribution in [2.24, 2.45) is 77.7 Å². The molecule has 9 unspecified atom stereocenters. The van der Waals surface area contributed by atoms with Gasteiger partial charge in [-0.25, -0.2) is 0 Å². The molecule has 882 valence electrons. The Hall–Kier alpha value is 11.6. The van der Waals surface area contributed by atoms with Crippen LogP contribution in [0.5, 0.6) is 0 Å². The second-order valence-corrected chi connectivity index (χ2v) is 38.5. The minimum Gasteiger partial charge on any atom is -0.384 e. The molecule has 0 aliphatic heterocycles. The van der Waals surface area contributed by atoms with Gasteiger partial charge in [0.25, 0.3) is 0 Å². The second-order valence-electron chi connectivity index (χ2n) is 38.5. The van der Waals surface area contributed by atoms with Crippen LogP contribution in [-0.4, -0.2) is 276 Å². The monoisotopic (exact) mass is 3750 g/mol. The van der Waals surface area contributed by atoms with Crippen molar-refractivity contribution in [2.75, 3.05) is 54.4 Å². The first-order valence-electron chi connectivity index (χ1n) is 52.3. The molecule has 0 aromatic rings. The summed E-state index contributed by atoms with van der Waals surface area (Å²) in [5, 5.41) is 119. The van der Waals surface area contributed by atoms with Crippen molar-refractivity contribution in [3.8, 4) is 0 Å². The van der Waals surface area contributed by atoms with E-state index >= 15 is 0 Å². The fourth-order valence-corrected chi connectivity index (χ4v) is 13.8. The Bertz CT molecular complexity index is 3370. The van der Waals surface area contributed by atoms with Gasteiger partial charge in [-0.05, 0) is 320 Å². The Morgan fingerprint density at radius 3 is 0.537 bits per heavy atom. The Labute approximate surface area is 1300 Å². The quantitative estimate of drug-likeness (QED) is 0.0253. The zero-order chi connectivity index (χ0) is 110. The minimum atomic E-state index is -0.718. The third-order valence-corrected chi connectivity index (χ3v) is 26.8. The van der Waals surface area contributed by atoms with Crippen molar-refractivity contribution < 1.29 is 546 Å². The first-order chi connectivity index (χ1) is 61.6. The van der Waals surface area contributed by atoms with Crippen molar-refractivity contribution in [2.45, 2.75) is 579 Å². The van der Waals surface area contributed by atoms with E-state index in [0.717, 1.165) is 230 Å². The van der Waals surface area contributed by atoms with Crippen molar-refractivity contribution in [1.82, 2.24) is 0 Å². The molecule has 0 heterocycles. The van der Waals surface area contributed by atoms with Crippen molar-refractivity contribution in [3.63, 3.8) is 0 Å². The summed E-state index contributed by atoms with van der Waals surface area (Å²) in [6.45, 7) is 103. The van der Waals surface area contributed by atoms with Gasteiger partial charge in [0.1, 0.15) is 50.4 Å². The number of rotatable bonds is 44. The SMILES string of the molecule is CCC(C)(O)C(C)=NC.CCC(C)(O)C(C)=NC(C)C.CCC(O)(C(C)=NC(C)C)C(C)C.CCC(O)(C(C)=NC)C(C)C.CCC(O)(CC)C(C)=NC.CCC(O)(CC)C(C)=NC(C)C.CCCC(O)(CC)C(C)=NC.CCCC(O)(CC)C(C)=NC(C)C.CCCC(O)(CC)C(C)=NCC.CCN=C(C)C(C)(O)CC.CCN=C(C)C(O)(CC)C(C)C.CCN=C(C)C(O)(CC)CC.[Sm].[Sm].[Sm].[Sm].[Sm].[Sm].[Sm].[Sm].[Sm].[Sm].[Sm].[Sm]. The van der Waals surface area contributed by atoms with Gasteiger partial charge in [-0.15, -0.1) is 0 Å². The topological polar surface area (TPSA) is 391 Å². The molecule has 0 spiro atoms. The molecular weight excluding hydrogens is 3500 g/mol. The van der Waals surface area contributed by atoms with Crippen LogP contribution in [0.3, 0.4) is 0 Å². The molecule has 0 aromatic carbocycles. The second kappa shape index (κ2) is 123. The molecule has 0 amide bonds. The van der Waals surface area contributed by atoms with Crippen molar-refractivity contribution in [1.29, 1.82) is 0 Å². The average molecular weight is 3730 g/mol. The molecular formula is C111H234N12O12Sm12. The minimum absolute atomic E-state index is 0. The van der Waals surface area contributed by atoms with E-state index in [1.165, 1.54) is 0 Å². The van der Waals surface area contributed by atoms with Gasteiger partial charge in [0.05, 0.1) is 16.8 Å². The third kappa shape index (κ3) is 101. The molecule has 0 bridgehead atoms. The predicted octanol–water partition coefficient (Wildman–Crippen LogP) is 25.0. The summed E-state index contributed by atoms with van der Waals surface area (Å²) < 4.78 is 0. The molecule has 0 saturated carbocycles. The fraction of sp³-hybridized carbons (Fsp3) is 0.892. The molecule has 12 N–H and O–H groups in total. The fourth-order valence-electron chi connectivity index (χ4n) is 13.8. The first kappa shape index (κ1) is 217. The molecule has 9 atom stereocenters. The van der Waals surface area contributed by atoms with Crippen LogP contribution < -0.4 is 0 Å². The smallest absolute Gasteiger partial charge is 0.104 e. The van der Waals surface area contributed by atoms with Gasteiger partial charge in [-0.1, -0.05) is 185 Å². The Kier molecular flexibility index (Phi) is 181. The van der Waals surface area contributed by atoms with E-state index in [0.29, 0.717) is 0 Å². The van der Waals surface area contributed by atoms with E-state index < -0.39 is 67.2 Å². The Balaban J connectivity index is -0.0000000507. The van der Waals surface area contributed by atoms with Gasteiger partial charge in [0.15, 0.2) is 0 Å². The molecule has 147 heavy (non-hydrogen) atoms. The van der Waals surface area contributed by atoms with Crippen LogP contribution in [0.15, 0.2) is 59.9 Å². The van der Waals surface area contributed by atoms with Gasteiger partial charge in [0, 0.05) is 632 Å². The van der Waals surface area contributed by atoms with E-state index in [1.54, 1.807) is 49.0 Å². The number of aliphatic hydroxyl groups is 12. The molecule has 0 radical (unpaired) electrons. The average Bonchev–Trinajstić information content (AvgIpc) is 0.834. The maximum Gasteiger partial charge on any atom is 0.104 e. The standard InChI is InChI=1S/2C11H23NO.3C10H21NO.4C9H19NO.2C8H17NO.C7H15NO.12Sm/c1-7-11(13,8(2)3)10(6)12-9(4)5;1-6-8-11(13,7-2)10(5)12-9(3)4;1-6-10(12,8(3)4)9(5)11-7-2;1-6-10(12,7-2)9(5)11-8(3)4;1-5-8-10(12,6-2)9(4)11-7-3;1-6-9(11,7(2)3)8(4)10-5;1-6-9(5,11)8(4)10-7(2)3;1-5-7-9(11,6-2)8(3)10-4;1-5-9(11,6-2)8(4)10-7-3;1-5-8(10,6-2)7(3)9-4;1-5-8(4,10)7(3)9-6-2;1-5-7(3,9)6(2)8-4;;;;;;;;;;;;/h8-9,13H,7H2,1-6H3;9,13H,6-8H2,1-5H3;2*8,12H,6-7H2,1-5H3;12H,5-8H2,1-4H3;2*7,11H,6H2,1-5H3;2*11H,5-7H2,1-4H3;2*10H,5-6H2,1-4H3;9H,5H2,1-4H3;;;;;;;;;;;;. The Morgan fingerprint density at radius 2 is 0.347 bits per heavy atom. The molecule has 0 saturated heterocycles. The van der Waals surface area contributed by atoms with Crippen LogP contribution >= 0.6 is 0 Å². The molecule has 24 nitrogen and oxygen atoms in total. The van der Waals surface area contributed by atoms with Crippen LogP contribution in [0, 0.1) is 502 Å². The van der Waals surface area contributed by atoms with Gasteiger partial charge in [0.2, 0.25) is 0 Å². The summed E-state index contributed by atoms with van der Waals surface area (Å²) in [5.74, 6) is 0.689. The van der Waals surface area contributed by atoms with E-state index in [9.17, 15) is 61.3 Å². The van der Waals surface area contributed by atoms with Crippen molar-refractivity contribution in [3.05, 3.63) is 0 Å². The van der Waals surface area contributed by atoms with Crippen LogP contribution in [-0.2, 0) is 0 Å². The summed E-state index contributed by atoms with van der Waals surface area (Å²) in [5.41, 5.74) is 2.00. The first-order valence-corrected chi connectivity index (χ1v) is 52.3. The van der Waals surface area contributed by atoms with Crippen LogP contribution in [0.4, 0.5) is 0 Å². The predicted molar refractivity (Wildman–Crippen MR) is 604 cm³/mol. The third-order valence-electron chi connectivity index (χ3n) is 26.8. The molecule has 0 aliphatic carbocycles. The maximum absolute atomic E-state index is 10.3. The largest absolute Gasteiger partial charge is 0.384 e.